The van der Waals surface area contributed by atoms with E-state index >= 15 is 0 Å². The molecule has 0 aliphatic heterocycles. The van der Waals surface area contributed by atoms with Crippen LogP contribution >= 0.6 is 8.58 Å². The molecule has 0 aromatic rings. The fourth-order valence-electron chi connectivity index (χ4n) is 5.87. The topological polar surface area (TPSA) is 104 Å². The van der Waals surface area contributed by atoms with Crippen LogP contribution < -0.4 is 5.32 Å². The lowest BCUT2D eigenvalue weighted by Crippen LogP contribution is -2.40. The number of carbonyl (C=O) groups excluding carboxylic acids is 2. The Labute approximate surface area is 318 Å². The number of rotatable bonds is 39. The van der Waals surface area contributed by atoms with Gasteiger partial charge in [-0.3, -0.25) is 14.4 Å². The third kappa shape index (κ3) is 44.7. The number of carboxylic acids is 1. The first-order chi connectivity index (χ1) is 24.9. The highest BCUT2D eigenvalue weighted by Crippen LogP contribution is 2.22. The van der Waals surface area contributed by atoms with Crippen LogP contribution in [0.5, 0.6) is 0 Å². The van der Waals surface area contributed by atoms with Gasteiger partial charge in [0.2, 0.25) is 0 Å². The molecule has 0 aromatic carbocycles. The molecule has 300 valence electrons. The number of unbranched alkanes of at least 4 members (excludes halogenated alkanes) is 24. The summed E-state index contributed by atoms with van der Waals surface area (Å²) in [5.41, 5.74) is 0.371. The van der Waals surface area contributed by atoms with Crippen LogP contribution in [-0.4, -0.2) is 46.4 Å². The Morgan fingerprint density at radius 1 is 0.490 bits per heavy atom. The van der Waals surface area contributed by atoms with Crippen molar-refractivity contribution in [1.82, 2.24) is 5.32 Å². The molecule has 0 fully saturated rings. The fourth-order valence-corrected chi connectivity index (χ4v) is 6.79. The van der Waals surface area contributed by atoms with Crippen molar-refractivity contribution < 1.29 is 24.6 Å². The van der Waals surface area contributed by atoms with Crippen LogP contribution in [-0.2, 0) is 14.4 Å². The molecule has 1 atom stereocenters. The number of aliphatic hydroxyl groups is 1. The molecule has 1 unspecified atom stereocenters. The lowest BCUT2D eigenvalue weighted by atomic mass is 10.1. The summed E-state index contributed by atoms with van der Waals surface area (Å²) in [6.45, 7) is 6.94. The van der Waals surface area contributed by atoms with Gasteiger partial charge in [0.05, 0.1) is 6.61 Å². The number of nitrogens with one attached hydrogen (secondary N) is 1. The first-order valence-electron chi connectivity index (χ1n) is 21.6. The summed E-state index contributed by atoms with van der Waals surface area (Å²) in [4.78, 5) is 34.6. The van der Waals surface area contributed by atoms with Gasteiger partial charge in [-0.25, -0.2) is 0 Å². The van der Waals surface area contributed by atoms with Crippen LogP contribution in [0.15, 0.2) is 24.3 Å². The highest BCUT2D eigenvalue weighted by atomic mass is 31.1. The maximum Gasteiger partial charge on any atom is 0.323 e. The molecule has 0 saturated heterocycles. The number of carboxylic acid groups (broad SMARTS) is 1. The van der Waals surface area contributed by atoms with Crippen molar-refractivity contribution in [3.63, 3.8) is 0 Å². The second kappa shape index (κ2) is 44.8. The lowest BCUT2D eigenvalue weighted by molar-refractivity contribution is -0.140. The van der Waals surface area contributed by atoms with Crippen LogP contribution in [0.25, 0.3) is 0 Å². The smallest absolute Gasteiger partial charge is 0.323 e. The van der Waals surface area contributed by atoms with Gasteiger partial charge in [0.1, 0.15) is 6.04 Å². The Bertz CT molecular complexity index is 765. The second-order valence-corrected chi connectivity index (χ2v) is 15.7. The number of aliphatic hydroxyl groups excluding tert-OH is 1. The summed E-state index contributed by atoms with van der Waals surface area (Å²) < 4.78 is 0. The Morgan fingerprint density at radius 2 is 0.804 bits per heavy atom. The Hall–Kier alpha value is -1.36. The maximum atomic E-state index is 12.1. The number of carbonyl (C=O) groups is 3. The highest BCUT2D eigenvalue weighted by molar-refractivity contribution is 7.73. The van der Waals surface area contributed by atoms with Crippen molar-refractivity contribution in [3.8, 4) is 0 Å². The lowest BCUT2D eigenvalue weighted by Gasteiger charge is -2.10. The Balaban J connectivity index is 0. The minimum atomic E-state index is -0.992. The standard InChI is InChI=1S/C36H67O2P.C8H17NO3/c1-3-5-7-9-11-13-15-17-19-21-23-25-27-29-31-33-35(37)39-36(38)34-32-30-28-26-24-22-20-18-16-14-12-10-8-6-4-2;1-2-3-4-5-9-7(6-10)8(11)12/h17-20,39H,3-16,21-34H2,1-2H3;7,9-10H,2-6H2,1H3,(H,11,12)/b19-17-,20-18-;. The van der Waals surface area contributed by atoms with Gasteiger partial charge < -0.3 is 15.5 Å². The molecule has 0 bridgehead atoms. The molecule has 3 N–H and O–H groups in total. The molecule has 6 nitrogen and oxygen atoms in total. The molecule has 0 aromatic heterocycles. The maximum absolute atomic E-state index is 12.1. The molecule has 0 aliphatic rings. The van der Waals surface area contributed by atoms with E-state index in [1.807, 2.05) is 0 Å². The van der Waals surface area contributed by atoms with Gasteiger partial charge in [0, 0.05) is 21.4 Å². The van der Waals surface area contributed by atoms with Crippen molar-refractivity contribution >= 4 is 25.6 Å². The molecule has 51 heavy (non-hydrogen) atoms. The quantitative estimate of drug-likeness (QED) is 0.0330. The van der Waals surface area contributed by atoms with Gasteiger partial charge in [0.15, 0.2) is 11.0 Å². The van der Waals surface area contributed by atoms with Crippen LogP contribution in [0.4, 0.5) is 0 Å². The predicted octanol–water partition coefficient (Wildman–Crippen LogP) is 13.0. The summed E-state index contributed by atoms with van der Waals surface area (Å²) in [5.74, 6) is -0.992. The zero-order chi connectivity index (χ0) is 37.9. The average molecular weight is 738 g/mol. The first-order valence-corrected chi connectivity index (χ1v) is 22.6. The van der Waals surface area contributed by atoms with E-state index in [9.17, 15) is 14.4 Å². The predicted molar refractivity (Wildman–Crippen MR) is 223 cm³/mol. The van der Waals surface area contributed by atoms with E-state index < -0.39 is 12.0 Å². The zero-order valence-corrected chi connectivity index (χ0v) is 34.8. The summed E-state index contributed by atoms with van der Waals surface area (Å²) >= 11 is 0. The van der Waals surface area contributed by atoms with Crippen LogP contribution in [0.1, 0.15) is 220 Å². The summed E-state index contributed by atoms with van der Waals surface area (Å²) in [6.07, 6.45) is 46.8. The van der Waals surface area contributed by atoms with Crippen LogP contribution in [0.3, 0.4) is 0 Å². The molecule has 0 amide bonds. The highest BCUT2D eigenvalue weighted by Gasteiger charge is 2.14. The first kappa shape index (κ1) is 51.7. The van der Waals surface area contributed by atoms with E-state index in [1.54, 1.807) is 0 Å². The molecule has 0 spiro atoms. The Kier molecular flexibility index (Phi) is 45.5. The largest absolute Gasteiger partial charge is 0.480 e. The molecule has 0 radical (unpaired) electrons. The summed E-state index contributed by atoms with van der Waals surface area (Å²) in [7, 11) is -0.0943. The molecule has 0 rings (SSSR count). The molecule has 0 aliphatic carbocycles. The average Bonchev–Trinajstić information content (AvgIpc) is 3.11. The molecule has 0 heterocycles. The number of hydrogen-bond acceptors (Lipinski definition) is 5. The normalized spacial score (nSPS) is 12.0. The van der Waals surface area contributed by atoms with Gasteiger partial charge in [-0.2, -0.15) is 0 Å². The number of allylic oxidation sites excluding steroid dienone is 4. The monoisotopic (exact) mass is 738 g/mol. The van der Waals surface area contributed by atoms with Crippen molar-refractivity contribution in [2.75, 3.05) is 13.2 Å². The third-order valence-electron chi connectivity index (χ3n) is 9.26. The minimum Gasteiger partial charge on any atom is -0.480 e. The van der Waals surface area contributed by atoms with Gasteiger partial charge in [-0.1, -0.05) is 161 Å². The Morgan fingerprint density at radius 3 is 1.14 bits per heavy atom. The molecular weight excluding hydrogens is 653 g/mol. The number of hydrogen-bond donors (Lipinski definition) is 3. The van der Waals surface area contributed by atoms with E-state index in [-0.39, 0.29) is 26.2 Å². The molecule has 7 heteroatoms. The van der Waals surface area contributed by atoms with E-state index in [1.165, 1.54) is 141 Å². The SMILES string of the molecule is CCCCCCCC/C=C\CCCCCCCC(=O)PC(=O)CCCCCCC/C=C\CCCCCCCC.CCCCCNC(CO)C(=O)O. The summed E-state index contributed by atoms with van der Waals surface area (Å²) in [5, 5.41) is 19.9. The van der Waals surface area contributed by atoms with Gasteiger partial charge in [-0.05, 0) is 77.2 Å². The minimum absolute atomic E-state index is 0.0943. The number of aliphatic carboxylic acids is 1. The fraction of sp³-hybridized carbons (Fsp3) is 0.841. The second-order valence-electron chi connectivity index (χ2n) is 14.4. The van der Waals surface area contributed by atoms with Crippen LogP contribution in [0.2, 0.25) is 0 Å². The van der Waals surface area contributed by atoms with E-state index in [0.717, 1.165) is 44.9 Å². The van der Waals surface area contributed by atoms with Gasteiger partial charge in [0.25, 0.3) is 0 Å². The van der Waals surface area contributed by atoms with Gasteiger partial charge in [-0.15, -0.1) is 0 Å². The van der Waals surface area contributed by atoms with Crippen LogP contribution in [0, 0.1) is 0 Å². The van der Waals surface area contributed by atoms with E-state index in [4.69, 9.17) is 10.2 Å². The molecule has 0 saturated carbocycles. The van der Waals surface area contributed by atoms with Crippen molar-refractivity contribution in [2.24, 2.45) is 0 Å². The third-order valence-corrected chi connectivity index (χ3v) is 10.3. The zero-order valence-electron chi connectivity index (χ0n) is 33.8. The van der Waals surface area contributed by atoms with E-state index in [2.05, 4.69) is 50.4 Å². The van der Waals surface area contributed by atoms with Crippen molar-refractivity contribution in [1.29, 1.82) is 0 Å². The molecular formula is C44H84NO5P. The van der Waals surface area contributed by atoms with Gasteiger partial charge >= 0.3 is 5.97 Å². The van der Waals surface area contributed by atoms with Crippen molar-refractivity contribution in [3.05, 3.63) is 24.3 Å². The van der Waals surface area contributed by atoms with Crippen molar-refractivity contribution in [2.45, 2.75) is 226 Å². The summed E-state index contributed by atoms with van der Waals surface area (Å²) in [6, 6.07) is -0.804. The van der Waals surface area contributed by atoms with E-state index in [0.29, 0.717) is 19.4 Å².